The first-order valence-corrected chi connectivity index (χ1v) is 7.14. The molecule has 0 aromatic heterocycles. The molecule has 1 heterocycles. The van der Waals surface area contributed by atoms with Crippen LogP contribution in [0.25, 0.3) is 0 Å². The number of hydrogen-bond acceptors (Lipinski definition) is 2. The molecule has 5 nitrogen and oxygen atoms in total. The number of carboxylic acids is 1. The molecule has 0 aromatic rings. The number of carbonyl (C=O) groups excluding carboxylic acids is 1. The van der Waals surface area contributed by atoms with Crippen molar-refractivity contribution in [3.8, 4) is 0 Å². The van der Waals surface area contributed by atoms with Crippen LogP contribution in [-0.2, 0) is 4.79 Å². The summed E-state index contributed by atoms with van der Waals surface area (Å²) in [5.41, 5.74) is 0.0419. The molecule has 1 saturated heterocycles. The summed E-state index contributed by atoms with van der Waals surface area (Å²) in [5.74, 6) is -0.896. The van der Waals surface area contributed by atoms with Crippen LogP contribution in [-0.4, -0.2) is 41.1 Å². The fourth-order valence-corrected chi connectivity index (χ4v) is 2.15. The van der Waals surface area contributed by atoms with E-state index in [2.05, 4.69) is 26.1 Å². The highest BCUT2D eigenvalue weighted by molar-refractivity contribution is 5.82. The molecule has 0 aromatic carbocycles. The molecule has 0 aliphatic carbocycles. The van der Waals surface area contributed by atoms with Gasteiger partial charge < -0.3 is 15.3 Å². The fraction of sp³-hybridized carbons (Fsp3) is 0.857. The third-order valence-corrected chi connectivity index (χ3v) is 3.97. The zero-order valence-corrected chi connectivity index (χ0v) is 12.2. The van der Waals surface area contributed by atoms with E-state index in [1.807, 2.05) is 0 Å². The van der Waals surface area contributed by atoms with Crippen molar-refractivity contribution in [2.45, 2.75) is 58.9 Å². The van der Waals surface area contributed by atoms with Gasteiger partial charge in [0.2, 0.25) is 0 Å². The number of carbonyl (C=O) groups is 2. The number of carboxylic acid groups (broad SMARTS) is 1. The Morgan fingerprint density at radius 2 is 2.00 bits per heavy atom. The van der Waals surface area contributed by atoms with Gasteiger partial charge in [0.1, 0.15) is 6.04 Å². The van der Waals surface area contributed by atoms with Crippen LogP contribution < -0.4 is 5.32 Å². The van der Waals surface area contributed by atoms with Crippen molar-refractivity contribution in [3.05, 3.63) is 0 Å². The summed E-state index contributed by atoms with van der Waals surface area (Å²) < 4.78 is 0. The Morgan fingerprint density at radius 3 is 2.58 bits per heavy atom. The van der Waals surface area contributed by atoms with Gasteiger partial charge in [0.15, 0.2) is 0 Å². The fourth-order valence-electron chi connectivity index (χ4n) is 2.15. The Labute approximate surface area is 115 Å². The minimum Gasteiger partial charge on any atom is -0.480 e. The molecule has 5 heteroatoms. The van der Waals surface area contributed by atoms with E-state index in [0.29, 0.717) is 19.5 Å². The SMILES string of the molecule is CCC(C)(C)CNC(=O)N1CCCCCC1C(=O)O. The molecule has 0 saturated carbocycles. The zero-order chi connectivity index (χ0) is 14.5. The van der Waals surface area contributed by atoms with Crippen molar-refractivity contribution < 1.29 is 14.7 Å². The Morgan fingerprint density at radius 1 is 1.32 bits per heavy atom. The molecule has 1 atom stereocenters. The normalized spacial score (nSPS) is 20.8. The van der Waals surface area contributed by atoms with Gasteiger partial charge in [-0.25, -0.2) is 9.59 Å². The smallest absolute Gasteiger partial charge is 0.326 e. The largest absolute Gasteiger partial charge is 0.480 e. The monoisotopic (exact) mass is 270 g/mol. The van der Waals surface area contributed by atoms with Crippen LogP contribution in [0.4, 0.5) is 4.79 Å². The average Bonchev–Trinajstić information content (AvgIpc) is 2.61. The van der Waals surface area contributed by atoms with E-state index in [4.69, 9.17) is 0 Å². The maximum atomic E-state index is 12.2. The van der Waals surface area contributed by atoms with Crippen LogP contribution in [0.3, 0.4) is 0 Å². The molecule has 2 amide bonds. The van der Waals surface area contributed by atoms with Gasteiger partial charge in [-0.15, -0.1) is 0 Å². The average molecular weight is 270 g/mol. The second-order valence-electron chi connectivity index (χ2n) is 6.07. The lowest BCUT2D eigenvalue weighted by molar-refractivity contribution is -0.142. The molecule has 1 unspecified atom stereocenters. The summed E-state index contributed by atoms with van der Waals surface area (Å²) >= 11 is 0. The highest BCUT2D eigenvalue weighted by atomic mass is 16.4. The van der Waals surface area contributed by atoms with E-state index in [0.717, 1.165) is 25.7 Å². The molecular weight excluding hydrogens is 244 g/mol. The molecule has 0 radical (unpaired) electrons. The number of rotatable bonds is 4. The second kappa shape index (κ2) is 6.78. The molecular formula is C14H26N2O3. The van der Waals surface area contributed by atoms with Crippen LogP contribution in [0.2, 0.25) is 0 Å². The first kappa shape index (κ1) is 15.8. The van der Waals surface area contributed by atoms with E-state index in [1.165, 1.54) is 4.90 Å². The van der Waals surface area contributed by atoms with Gasteiger partial charge in [-0.05, 0) is 24.7 Å². The third kappa shape index (κ3) is 4.73. The van der Waals surface area contributed by atoms with E-state index in [9.17, 15) is 14.7 Å². The van der Waals surface area contributed by atoms with Crippen molar-refractivity contribution in [3.63, 3.8) is 0 Å². The van der Waals surface area contributed by atoms with Crippen molar-refractivity contribution in [1.29, 1.82) is 0 Å². The molecule has 0 spiro atoms. The van der Waals surface area contributed by atoms with Crippen molar-refractivity contribution in [1.82, 2.24) is 10.2 Å². The molecule has 0 bridgehead atoms. The number of amides is 2. The van der Waals surface area contributed by atoms with Crippen molar-refractivity contribution >= 4 is 12.0 Å². The molecule has 1 aliphatic heterocycles. The summed E-state index contributed by atoms with van der Waals surface area (Å²) in [6.07, 6.45) is 4.28. The highest BCUT2D eigenvalue weighted by Crippen LogP contribution is 2.20. The van der Waals surface area contributed by atoms with Crippen LogP contribution >= 0.6 is 0 Å². The number of nitrogens with one attached hydrogen (secondary N) is 1. The first-order valence-electron chi connectivity index (χ1n) is 7.14. The van der Waals surface area contributed by atoms with Crippen LogP contribution in [0.5, 0.6) is 0 Å². The summed E-state index contributed by atoms with van der Waals surface area (Å²) in [4.78, 5) is 24.9. The third-order valence-electron chi connectivity index (χ3n) is 3.97. The first-order chi connectivity index (χ1) is 8.87. The minimum absolute atomic E-state index is 0.0419. The molecule has 19 heavy (non-hydrogen) atoms. The van der Waals surface area contributed by atoms with Gasteiger partial charge in [0.05, 0.1) is 0 Å². The number of urea groups is 1. The van der Waals surface area contributed by atoms with E-state index < -0.39 is 12.0 Å². The Bertz CT molecular complexity index is 329. The zero-order valence-electron chi connectivity index (χ0n) is 12.2. The topological polar surface area (TPSA) is 69.6 Å². The molecule has 1 aliphatic rings. The Hall–Kier alpha value is -1.26. The number of nitrogens with zero attached hydrogens (tertiary/aromatic N) is 1. The van der Waals surface area contributed by atoms with Gasteiger partial charge in [0.25, 0.3) is 0 Å². The van der Waals surface area contributed by atoms with Crippen LogP contribution in [0, 0.1) is 5.41 Å². The van der Waals surface area contributed by atoms with Crippen molar-refractivity contribution in [2.24, 2.45) is 5.41 Å². The summed E-state index contributed by atoms with van der Waals surface area (Å²) in [6.45, 7) is 7.37. The lowest BCUT2D eigenvalue weighted by atomic mass is 9.90. The predicted octanol–water partition coefficient (Wildman–Crippen LogP) is 2.46. The lowest BCUT2D eigenvalue weighted by Gasteiger charge is -2.30. The molecule has 1 rings (SSSR count). The quantitative estimate of drug-likeness (QED) is 0.824. The van der Waals surface area contributed by atoms with Crippen LogP contribution in [0.15, 0.2) is 0 Å². The highest BCUT2D eigenvalue weighted by Gasteiger charge is 2.31. The molecule has 2 N–H and O–H groups in total. The molecule has 110 valence electrons. The van der Waals surface area contributed by atoms with Crippen molar-refractivity contribution in [2.75, 3.05) is 13.1 Å². The van der Waals surface area contributed by atoms with Gasteiger partial charge in [-0.2, -0.15) is 0 Å². The maximum Gasteiger partial charge on any atom is 0.326 e. The van der Waals surface area contributed by atoms with E-state index in [1.54, 1.807) is 0 Å². The minimum atomic E-state index is -0.896. The van der Waals surface area contributed by atoms with Gasteiger partial charge in [-0.3, -0.25) is 0 Å². The second-order valence-corrected chi connectivity index (χ2v) is 6.07. The lowest BCUT2D eigenvalue weighted by Crippen LogP contribution is -2.50. The molecule has 1 fully saturated rings. The number of likely N-dealkylation sites (tertiary alicyclic amines) is 1. The van der Waals surface area contributed by atoms with Crippen LogP contribution in [0.1, 0.15) is 52.9 Å². The summed E-state index contributed by atoms with van der Waals surface area (Å²) in [5, 5.41) is 12.1. The van der Waals surface area contributed by atoms with Gasteiger partial charge in [0, 0.05) is 13.1 Å². The Kier molecular flexibility index (Phi) is 5.63. The maximum absolute atomic E-state index is 12.2. The van der Waals surface area contributed by atoms with E-state index in [-0.39, 0.29) is 11.4 Å². The predicted molar refractivity (Wildman–Crippen MR) is 74.1 cm³/mol. The number of hydrogen-bond donors (Lipinski definition) is 2. The number of aliphatic carboxylic acids is 1. The van der Waals surface area contributed by atoms with E-state index >= 15 is 0 Å². The summed E-state index contributed by atoms with van der Waals surface area (Å²) in [6, 6.07) is -0.914. The standard InChI is InChI=1S/C14H26N2O3/c1-4-14(2,3)10-15-13(19)16-9-7-5-6-8-11(16)12(17)18/h11H,4-10H2,1-3H3,(H,15,19)(H,17,18). The van der Waals surface area contributed by atoms with Gasteiger partial charge >= 0.3 is 12.0 Å². The Balaban J connectivity index is 2.63. The summed E-state index contributed by atoms with van der Waals surface area (Å²) in [7, 11) is 0. The van der Waals surface area contributed by atoms with Gasteiger partial charge in [-0.1, -0.05) is 33.6 Å².